The van der Waals surface area contributed by atoms with E-state index in [1.54, 1.807) is 0 Å². The van der Waals surface area contributed by atoms with Gasteiger partial charge in [0.2, 0.25) is 11.9 Å². The number of likely N-dealkylation sites (N-methyl/N-ethyl adjacent to an activating group) is 2. The number of carbonyl (C=O) groups is 2. The minimum absolute atomic E-state index is 0.0489. The predicted octanol–water partition coefficient (Wildman–Crippen LogP) is 0.0387. The van der Waals surface area contributed by atoms with E-state index in [-0.39, 0.29) is 23.9 Å². The van der Waals surface area contributed by atoms with Crippen LogP contribution < -0.4 is 5.32 Å². The zero-order valence-electron chi connectivity index (χ0n) is 9.03. The lowest BCUT2D eigenvalue weighted by Crippen LogP contribution is -2.36. The van der Waals surface area contributed by atoms with Crippen LogP contribution in [0.2, 0.25) is 0 Å². The van der Waals surface area contributed by atoms with Gasteiger partial charge in [-0.1, -0.05) is 0 Å². The van der Waals surface area contributed by atoms with Gasteiger partial charge in [0.25, 0.3) is 5.91 Å². The number of nitrogens with zero attached hydrogens (tertiary/aromatic N) is 2. The Balaban J connectivity index is 2.70. The monoisotopic (exact) mass is 225 g/mol. The first-order valence-electron chi connectivity index (χ1n) is 4.62. The highest BCUT2D eigenvalue weighted by Crippen LogP contribution is 2.02. The fourth-order valence-electron chi connectivity index (χ4n) is 1.09. The molecule has 0 saturated carbocycles. The number of hydrogen-bond acceptors (Lipinski definition) is 3. The van der Waals surface area contributed by atoms with Gasteiger partial charge in [0.1, 0.15) is 0 Å². The van der Waals surface area contributed by atoms with Crippen molar-refractivity contribution >= 4 is 11.8 Å². The van der Waals surface area contributed by atoms with Gasteiger partial charge < -0.3 is 10.2 Å². The van der Waals surface area contributed by atoms with E-state index in [2.05, 4.69) is 10.3 Å². The standard InChI is InChI=1S/C10H12FN3O2/c1-12-9(15)6-14(2)10(16)7-3-4-8(11)13-5-7/h3-5H,6H2,1-2H3,(H,12,15). The number of pyridine rings is 1. The topological polar surface area (TPSA) is 62.3 Å². The van der Waals surface area contributed by atoms with Crippen molar-refractivity contribution in [1.29, 1.82) is 0 Å². The summed E-state index contributed by atoms with van der Waals surface area (Å²) in [6.07, 6.45) is 1.14. The van der Waals surface area contributed by atoms with Crippen LogP contribution in [0, 0.1) is 5.95 Å². The number of nitrogens with one attached hydrogen (secondary N) is 1. The quantitative estimate of drug-likeness (QED) is 0.739. The van der Waals surface area contributed by atoms with E-state index in [0.29, 0.717) is 0 Å². The summed E-state index contributed by atoms with van der Waals surface area (Å²) in [5.74, 6) is -1.30. The molecular formula is C10H12FN3O2. The maximum Gasteiger partial charge on any atom is 0.255 e. The van der Waals surface area contributed by atoms with Gasteiger partial charge in [-0.2, -0.15) is 4.39 Å². The van der Waals surface area contributed by atoms with Crippen molar-refractivity contribution in [3.05, 3.63) is 29.8 Å². The van der Waals surface area contributed by atoms with E-state index in [1.165, 1.54) is 25.1 Å². The molecule has 0 spiro atoms. The molecule has 2 amide bonds. The second kappa shape index (κ2) is 5.20. The van der Waals surface area contributed by atoms with Crippen LogP contribution in [0.5, 0.6) is 0 Å². The summed E-state index contributed by atoms with van der Waals surface area (Å²) in [6, 6.07) is 2.42. The molecule has 86 valence electrons. The number of hydrogen-bond donors (Lipinski definition) is 1. The van der Waals surface area contributed by atoms with Crippen molar-refractivity contribution < 1.29 is 14.0 Å². The van der Waals surface area contributed by atoms with Crippen LogP contribution in [0.4, 0.5) is 4.39 Å². The zero-order chi connectivity index (χ0) is 12.1. The Hall–Kier alpha value is -1.98. The maximum atomic E-state index is 12.5. The first-order chi connectivity index (χ1) is 7.54. The minimum Gasteiger partial charge on any atom is -0.358 e. The Kier molecular flexibility index (Phi) is 3.93. The lowest BCUT2D eigenvalue weighted by molar-refractivity contribution is -0.121. The molecule has 0 radical (unpaired) electrons. The lowest BCUT2D eigenvalue weighted by Gasteiger charge is -2.15. The van der Waals surface area contributed by atoms with Gasteiger partial charge in [-0.25, -0.2) is 4.98 Å². The molecule has 0 aliphatic rings. The van der Waals surface area contributed by atoms with E-state index in [1.807, 2.05) is 0 Å². The molecule has 5 nitrogen and oxygen atoms in total. The van der Waals surface area contributed by atoms with Crippen molar-refractivity contribution in [3.63, 3.8) is 0 Å². The van der Waals surface area contributed by atoms with E-state index in [9.17, 15) is 14.0 Å². The van der Waals surface area contributed by atoms with Crippen molar-refractivity contribution in [2.75, 3.05) is 20.6 Å². The fraction of sp³-hybridized carbons (Fsp3) is 0.300. The van der Waals surface area contributed by atoms with E-state index >= 15 is 0 Å². The lowest BCUT2D eigenvalue weighted by atomic mass is 10.2. The van der Waals surface area contributed by atoms with Crippen LogP contribution in [0.15, 0.2) is 18.3 Å². The molecule has 1 N–H and O–H groups in total. The maximum absolute atomic E-state index is 12.5. The SMILES string of the molecule is CNC(=O)CN(C)C(=O)c1ccc(F)nc1. The highest BCUT2D eigenvalue weighted by atomic mass is 19.1. The highest BCUT2D eigenvalue weighted by Gasteiger charge is 2.14. The molecule has 0 aliphatic carbocycles. The van der Waals surface area contributed by atoms with Gasteiger partial charge >= 0.3 is 0 Å². The summed E-state index contributed by atoms with van der Waals surface area (Å²) < 4.78 is 12.5. The van der Waals surface area contributed by atoms with Gasteiger partial charge in [0.05, 0.1) is 12.1 Å². The summed E-state index contributed by atoms with van der Waals surface area (Å²) >= 11 is 0. The third kappa shape index (κ3) is 3.01. The molecule has 1 aromatic rings. The van der Waals surface area contributed by atoms with Crippen LogP contribution >= 0.6 is 0 Å². The number of aromatic nitrogens is 1. The smallest absolute Gasteiger partial charge is 0.255 e. The summed E-state index contributed by atoms with van der Waals surface area (Å²) in [4.78, 5) is 27.3. The van der Waals surface area contributed by atoms with Crippen LogP contribution in [-0.2, 0) is 4.79 Å². The average molecular weight is 225 g/mol. The van der Waals surface area contributed by atoms with Gasteiger partial charge in [-0.3, -0.25) is 9.59 Å². The van der Waals surface area contributed by atoms with Crippen LogP contribution in [-0.4, -0.2) is 42.3 Å². The Morgan fingerprint density at radius 3 is 2.69 bits per heavy atom. The van der Waals surface area contributed by atoms with E-state index in [0.717, 1.165) is 12.3 Å². The first-order valence-corrected chi connectivity index (χ1v) is 4.62. The van der Waals surface area contributed by atoms with Crippen LogP contribution in [0.25, 0.3) is 0 Å². The molecular weight excluding hydrogens is 213 g/mol. The third-order valence-electron chi connectivity index (χ3n) is 1.98. The van der Waals surface area contributed by atoms with Crippen molar-refractivity contribution in [2.24, 2.45) is 0 Å². The molecule has 0 aromatic carbocycles. The molecule has 1 aromatic heterocycles. The van der Waals surface area contributed by atoms with Crippen LogP contribution in [0.1, 0.15) is 10.4 Å². The summed E-state index contributed by atoms with van der Waals surface area (Å²) in [7, 11) is 2.97. The zero-order valence-corrected chi connectivity index (χ0v) is 9.03. The van der Waals surface area contributed by atoms with Crippen molar-refractivity contribution in [1.82, 2.24) is 15.2 Å². The first kappa shape index (κ1) is 12.1. The third-order valence-corrected chi connectivity index (χ3v) is 1.98. The van der Waals surface area contributed by atoms with Crippen LogP contribution in [0.3, 0.4) is 0 Å². The Morgan fingerprint density at radius 1 is 1.50 bits per heavy atom. The molecule has 1 heterocycles. The molecule has 0 bridgehead atoms. The van der Waals surface area contributed by atoms with Crippen molar-refractivity contribution in [2.45, 2.75) is 0 Å². The minimum atomic E-state index is -0.648. The molecule has 0 atom stereocenters. The predicted molar refractivity (Wildman–Crippen MR) is 55.2 cm³/mol. The number of rotatable bonds is 3. The summed E-state index contributed by atoms with van der Waals surface area (Å²) in [5, 5.41) is 2.40. The van der Waals surface area contributed by atoms with E-state index in [4.69, 9.17) is 0 Å². The molecule has 0 fully saturated rings. The second-order valence-corrected chi connectivity index (χ2v) is 3.20. The number of halogens is 1. The average Bonchev–Trinajstić information content (AvgIpc) is 2.28. The highest BCUT2D eigenvalue weighted by molar-refractivity contribution is 5.95. The van der Waals surface area contributed by atoms with Gasteiger partial charge in [0, 0.05) is 20.3 Å². The molecule has 6 heteroatoms. The normalized spacial score (nSPS) is 9.69. The Labute approximate surface area is 92.3 Å². The van der Waals surface area contributed by atoms with Gasteiger partial charge in [-0.05, 0) is 12.1 Å². The Bertz CT molecular complexity index is 392. The fourth-order valence-corrected chi connectivity index (χ4v) is 1.09. The van der Waals surface area contributed by atoms with E-state index < -0.39 is 5.95 Å². The second-order valence-electron chi connectivity index (χ2n) is 3.20. The van der Waals surface area contributed by atoms with Crippen molar-refractivity contribution in [3.8, 4) is 0 Å². The number of carbonyl (C=O) groups excluding carboxylic acids is 2. The summed E-state index contributed by atoms with van der Waals surface area (Å²) in [5.41, 5.74) is 0.243. The molecule has 0 unspecified atom stereocenters. The molecule has 1 rings (SSSR count). The summed E-state index contributed by atoms with van der Waals surface area (Å²) in [6.45, 7) is -0.0489. The molecule has 0 saturated heterocycles. The van der Waals surface area contributed by atoms with Gasteiger partial charge in [0.15, 0.2) is 0 Å². The molecule has 0 aliphatic heterocycles. The van der Waals surface area contributed by atoms with Gasteiger partial charge in [-0.15, -0.1) is 0 Å². The Morgan fingerprint density at radius 2 is 2.19 bits per heavy atom. The molecule has 16 heavy (non-hydrogen) atoms. The largest absolute Gasteiger partial charge is 0.358 e. The number of amides is 2.